The summed E-state index contributed by atoms with van der Waals surface area (Å²) in [6.45, 7) is 4.51. The first kappa shape index (κ1) is 20.2. The molecule has 158 valence electrons. The van der Waals surface area contributed by atoms with Crippen molar-refractivity contribution in [3.8, 4) is 0 Å². The van der Waals surface area contributed by atoms with Crippen LogP contribution in [0.2, 0.25) is 0 Å². The number of morpholine rings is 1. The van der Waals surface area contributed by atoms with Gasteiger partial charge >= 0.3 is 0 Å². The Kier molecular flexibility index (Phi) is 6.83. The molecule has 1 amide bonds. The number of furan rings is 1. The fourth-order valence-electron chi connectivity index (χ4n) is 3.51. The lowest BCUT2D eigenvalue weighted by Gasteiger charge is -2.25. The second-order valence-corrected chi connectivity index (χ2v) is 7.24. The maximum Gasteiger partial charge on any atom is 0.220 e. The zero-order chi connectivity index (χ0) is 20.6. The van der Waals surface area contributed by atoms with E-state index < -0.39 is 0 Å². The smallest absolute Gasteiger partial charge is 0.220 e. The molecular weight excluding hydrogens is 384 g/mol. The molecule has 1 saturated heterocycles. The molecule has 9 nitrogen and oxygen atoms in total. The van der Waals surface area contributed by atoms with E-state index in [4.69, 9.17) is 9.15 Å². The fourth-order valence-corrected chi connectivity index (χ4v) is 3.51. The second kappa shape index (κ2) is 10.1. The van der Waals surface area contributed by atoms with Gasteiger partial charge in [0.25, 0.3) is 0 Å². The predicted octanol–water partition coefficient (Wildman–Crippen LogP) is 1.78. The lowest BCUT2D eigenvalue weighted by Crippen LogP contribution is -2.36. The van der Waals surface area contributed by atoms with Crippen molar-refractivity contribution >= 4 is 5.91 Å². The number of hydrogen-bond donors (Lipinski definition) is 1. The van der Waals surface area contributed by atoms with E-state index in [1.807, 2.05) is 42.5 Å². The molecule has 4 rings (SSSR count). The van der Waals surface area contributed by atoms with Gasteiger partial charge in [-0.25, -0.2) is 4.68 Å². The molecule has 30 heavy (non-hydrogen) atoms. The Morgan fingerprint density at radius 3 is 2.73 bits per heavy atom. The molecule has 1 N–H and O–H groups in total. The first-order valence-electron chi connectivity index (χ1n) is 10.2. The third-order valence-corrected chi connectivity index (χ3v) is 5.11. The molecule has 9 heteroatoms. The Balaban J connectivity index is 1.30. The quantitative estimate of drug-likeness (QED) is 0.574. The largest absolute Gasteiger partial charge is 0.467 e. The molecule has 3 aromatic rings. The predicted molar refractivity (Wildman–Crippen MR) is 108 cm³/mol. The lowest BCUT2D eigenvalue weighted by molar-refractivity contribution is -0.121. The number of nitrogens with one attached hydrogen (secondary N) is 1. The summed E-state index contributed by atoms with van der Waals surface area (Å²) in [5, 5.41) is 15.1. The maximum absolute atomic E-state index is 12.6. The van der Waals surface area contributed by atoms with Gasteiger partial charge in [0.05, 0.1) is 26.0 Å². The van der Waals surface area contributed by atoms with E-state index in [9.17, 15) is 4.79 Å². The Labute approximate surface area is 175 Å². The van der Waals surface area contributed by atoms with Crippen LogP contribution in [-0.4, -0.2) is 57.3 Å². The van der Waals surface area contributed by atoms with E-state index in [-0.39, 0.29) is 11.9 Å². The standard InChI is InChI=1S/C21H26N6O3/c28-20(22-21(18-8-5-13-30-18)17-6-2-1-3-7-17)9-4-10-27-19(23-24-25-27)16-26-11-14-29-15-12-26/h1-3,5-8,13,21H,4,9-12,14-16H2,(H,22,28). The zero-order valence-corrected chi connectivity index (χ0v) is 16.8. The summed E-state index contributed by atoms with van der Waals surface area (Å²) in [4.78, 5) is 14.9. The minimum Gasteiger partial charge on any atom is -0.467 e. The number of benzene rings is 1. The minimum atomic E-state index is -0.307. The summed E-state index contributed by atoms with van der Waals surface area (Å²) in [5.41, 5.74) is 0.981. The number of aryl methyl sites for hydroxylation is 1. The number of rotatable bonds is 9. The van der Waals surface area contributed by atoms with Crippen molar-refractivity contribution < 1.29 is 13.9 Å². The van der Waals surface area contributed by atoms with Gasteiger partial charge in [-0.15, -0.1) is 5.10 Å². The Bertz CT molecular complexity index is 906. The number of ether oxygens (including phenoxy) is 1. The molecule has 0 aliphatic carbocycles. The summed E-state index contributed by atoms with van der Waals surface area (Å²) in [7, 11) is 0. The number of carbonyl (C=O) groups is 1. The summed E-state index contributed by atoms with van der Waals surface area (Å²) in [6.07, 6.45) is 2.64. The first-order valence-corrected chi connectivity index (χ1v) is 10.2. The summed E-state index contributed by atoms with van der Waals surface area (Å²) in [6, 6.07) is 13.2. The van der Waals surface area contributed by atoms with E-state index in [0.717, 1.165) is 37.7 Å². The average Bonchev–Trinajstić information content (AvgIpc) is 3.46. The van der Waals surface area contributed by atoms with Gasteiger partial charge in [-0.1, -0.05) is 30.3 Å². The van der Waals surface area contributed by atoms with Crippen LogP contribution in [-0.2, 0) is 22.6 Å². The van der Waals surface area contributed by atoms with Crippen LogP contribution < -0.4 is 5.32 Å². The zero-order valence-electron chi connectivity index (χ0n) is 16.8. The van der Waals surface area contributed by atoms with Gasteiger partial charge in [0.15, 0.2) is 5.82 Å². The van der Waals surface area contributed by atoms with E-state index in [1.54, 1.807) is 10.9 Å². The Morgan fingerprint density at radius 2 is 1.97 bits per heavy atom. The monoisotopic (exact) mass is 410 g/mol. The molecule has 1 aliphatic heterocycles. The summed E-state index contributed by atoms with van der Waals surface area (Å²) >= 11 is 0. The topological polar surface area (TPSA) is 98.3 Å². The highest BCUT2D eigenvalue weighted by Gasteiger charge is 2.19. The molecule has 1 aromatic carbocycles. The number of amides is 1. The molecule has 0 saturated carbocycles. The summed E-state index contributed by atoms with van der Waals surface area (Å²) in [5.74, 6) is 1.49. The van der Waals surface area contributed by atoms with Crippen molar-refractivity contribution in [3.63, 3.8) is 0 Å². The molecular formula is C21H26N6O3. The molecule has 3 heterocycles. The van der Waals surface area contributed by atoms with Crippen molar-refractivity contribution in [1.29, 1.82) is 0 Å². The number of nitrogens with zero attached hydrogens (tertiary/aromatic N) is 5. The SMILES string of the molecule is O=C(CCCn1nnnc1CN1CCOCC1)NC(c1ccccc1)c1ccco1. The van der Waals surface area contributed by atoms with Crippen LogP contribution in [0.4, 0.5) is 0 Å². The van der Waals surface area contributed by atoms with Gasteiger partial charge in [0.2, 0.25) is 5.91 Å². The number of carbonyl (C=O) groups excluding carboxylic acids is 1. The normalized spacial score (nSPS) is 15.7. The van der Waals surface area contributed by atoms with E-state index in [0.29, 0.717) is 31.7 Å². The van der Waals surface area contributed by atoms with Crippen LogP contribution in [0.15, 0.2) is 53.1 Å². The van der Waals surface area contributed by atoms with Crippen molar-refractivity contribution in [2.45, 2.75) is 32.0 Å². The van der Waals surface area contributed by atoms with Gasteiger partial charge in [0.1, 0.15) is 11.8 Å². The van der Waals surface area contributed by atoms with E-state index in [2.05, 4.69) is 25.7 Å². The second-order valence-electron chi connectivity index (χ2n) is 7.24. The minimum absolute atomic E-state index is 0.0388. The first-order chi connectivity index (χ1) is 14.8. The molecule has 1 fully saturated rings. The van der Waals surface area contributed by atoms with Gasteiger partial charge in [-0.2, -0.15) is 0 Å². The molecule has 1 aliphatic rings. The van der Waals surface area contributed by atoms with Crippen LogP contribution >= 0.6 is 0 Å². The molecule has 2 aromatic heterocycles. The van der Waals surface area contributed by atoms with Crippen LogP contribution in [0.3, 0.4) is 0 Å². The third kappa shape index (κ3) is 5.31. The number of hydrogen-bond acceptors (Lipinski definition) is 7. The average molecular weight is 410 g/mol. The molecule has 1 unspecified atom stereocenters. The molecule has 0 bridgehead atoms. The van der Waals surface area contributed by atoms with Gasteiger partial charge < -0.3 is 14.5 Å². The van der Waals surface area contributed by atoms with Crippen LogP contribution in [0.25, 0.3) is 0 Å². The van der Waals surface area contributed by atoms with Gasteiger partial charge in [-0.05, 0) is 34.5 Å². The third-order valence-electron chi connectivity index (χ3n) is 5.11. The maximum atomic E-state index is 12.6. The van der Waals surface area contributed by atoms with Gasteiger partial charge in [-0.3, -0.25) is 9.69 Å². The summed E-state index contributed by atoms with van der Waals surface area (Å²) < 4.78 is 12.7. The van der Waals surface area contributed by atoms with E-state index in [1.165, 1.54) is 0 Å². The molecule has 0 spiro atoms. The highest BCUT2D eigenvalue weighted by atomic mass is 16.5. The Hall–Kier alpha value is -3.04. The van der Waals surface area contributed by atoms with Crippen molar-refractivity contribution in [1.82, 2.24) is 30.4 Å². The van der Waals surface area contributed by atoms with Crippen molar-refractivity contribution in [2.75, 3.05) is 26.3 Å². The van der Waals surface area contributed by atoms with Crippen LogP contribution in [0.1, 0.15) is 36.0 Å². The van der Waals surface area contributed by atoms with Crippen molar-refractivity contribution in [3.05, 3.63) is 65.9 Å². The highest BCUT2D eigenvalue weighted by Crippen LogP contribution is 2.22. The van der Waals surface area contributed by atoms with Gasteiger partial charge in [0, 0.05) is 26.1 Å². The number of aromatic nitrogens is 4. The fraction of sp³-hybridized carbons (Fsp3) is 0.429. The Morgan fingerprint density at radius 1 is 1.13 bits per heavy atom. The molecule has 0 radical (unpaired) electrons. The highest BCUT2D eigenvalue weighted by molar-refractivity contribution is 5.76. The number of tetrazole rings is 1. The lowest BCUT2D eigenvalue weighted by atomic mass is 10.0. The van der Waals surface area contributed by atoms with E-state index >= 15 is 0 Å². The molecule has 1 atom stereocenters. The van der Waals surface area contributed by atoms with Crippen LogP contribution in [0.5, 0.6) is 0 Å². The van der Waals surface area contributed by atoms with Crippen molar-refractivity contribution in [2.24, 2.45) is 0 Å². The van der Waals surface area contributed by atoms with Crippen LogP contribution in [0, 0.1) is 0 Å².